The van der Waals surface area contributed by atoms with E-state index in [0.717, 1.165) is 20.8 Å². The van der Waals surface area contributed by atoms with Crippen LogP contribution < -0.4 is 15.4 Å². The van der Waals surface area contributed by atoms with E-state index in [2.05, 4.69) is 26.6 Å². The average Bonchev–Trinajstić information content (AvgIpc) is 3.03. The fraction of sp³-hybridized carbons (Fsp3) is 0.467. The summed E-state index contributed by atoms with van der Waals surface area (Å²) in [6, 6.07) is 8.34. The Hall–Kier alpha value is -2.95. The van der Waals surface area contributed by atoms with Gasteiger partial charge in [-0.1, -0.05) is 35.0 Å². The highest BCUT2D eigenvalue weighted by Gasteiger charge is 2.52. The first-order valence-electron chi connectivity index (χ1n) is 13.7. The number of likely N-dealkylation sites (N-methyl/N-ethyl adjacent to an activating group) is 1. The number of nitrogens with one attached hydrogen (secondary N) is 2. The molecule has 214 valence electrons. The molecule has 2 N–H and O–H groups in total. The van der Waals surface area contributed by atoms with Crippen molar-refractivity contribution in [3.63, 3.8) is 0 Å². The molecule has 2 aromatic rings. The predicted octanol–water partition coefficient (Wildman–Crippen LogP) is 4.86. The first kappa shape index (κ1) is 28.6. The molecule has 1 saturated heterocycles. The number of benzene rings is 2. The highest BCUT2D eigenvalue weighted by molar-refractivity contribution is 9.10. The molecule has 40 heavy (non-hydrogen) atoms. The summed E-state index contributed by atoms with van der Waals surface area (Å²) in [5.74, 6) is 0.0862. The van der Waals surface area contributed by atoms with Gasteiger partial charge >= 0.3 is 0 Å². The smallest absolute Gasteiger partial charge is 0.253 e. The topological polar surface area (TPSA) is 89.1 Å². The summed E-state index contributed by atoms with van der Waals surface area (Å²) in [5, 5.41) is 7.96. The van der Waals surface area contributed by atoms with E-state index in [1.165, 1.54) is 6.08 Å². The summed E-state index contributed by atoms with van der Waals surface area (Å²) in [5.41, 5.74) is 0.344. The molecule has 0 radical (unpaired) electrons. The quantitative estimate of drug-likeness (QED) is 0.462. The molecule has 1 aliphatic carbocycles. The van der Waals surface area contributed by atoms with Gasteiger partial charge < -0.3 is 29.7 Å². The molecule has 2 aromatic carbocycles. The van der Waals surface area contributed by atoms with Gasteiger partial charge in [0.2, 0.25) is 5.91 Å². The highest BCUT2D eigenvalue weighted by Crippen LogP contribution is 2.42. The van der Waals surface area contributed by atoms with E-state index in [0.29, 0.717) is 56.1 Å². The Kier molecular flexibility index (Phi) is 8.49. The lowest BCUT2D eigenvalue weighted by molar-refractivity contribution is -0.149. The molecule has 2 atom stereocenters. The first-order valence-corrected chi connectivity index (χ1v) is 14.5. The highest BCUT2D eigenvalue weighted by atomic mass is 79.9. The molecule has 0 saturated carbocycles. The number of methoxy groups -OCH3 is 1. The zero-order valence-corrected chi connectivity index (χ0v) is 24.6. The maximum atomic E-state index is 14.7. The lowest BCUT2D eigenvalue weighted by Crippen LogP contribution is -2.63. The summed E-state index contributed by atoms with van der Waals surface area (Å²) in [4.78, 5) is 29.7. The van der Waals surface area contributed by atoms with Gasteiger partial charge in [0.05, 0.1) is 38.6 Å². The third kappa shape index (κ3) is 5.36. The number of halogens is 2. The number of hydrogen-bond acceptors (Lipinski definition) is 6. The molecule has 8 nitrogen and oxygen atoms in total. The Morgan fingerprint density at radius 1 is 1.25 bits per heavy atom. The third-order valence-corrected chi connectivity index (χ3v) is 8.63. The predicted molar refractivity (Wildman–Crippen MR) is 153 cm³/mol. The van der Waals surface area contributed by atoms with Crippen molar-refractivity contribution < 1.29 is 28.2 Å². The number of carbonyl (C=O) groups excluding carboxylic acids is 2. The minimum absolute atomic E-state index is 0.163. The largest absolute Gasteiger partial charge is 0.496 e. The van der Waals surface area contributed by atoms with Crippen molar-refractivity contribution in [2.45, 2.75) is 63.3 Å². The fourth-order valence-corrected chi connectivity index (χ4v) is 6.28. The van der Waals surface area contributed by atoms with Crippen LogP contribution in [-0.2, 0) is 25.6 Å². The van der Waals surface area contributed by atoms with Crippen molar-refractivity contribution in [2.24, 2.45) is 0 Å². The number of fused-ring (bicyclic) bond motifs is 1. The van der Waals surface area contributed by atoms with E-state index in [1.807, 2.05) is 37.3 Å². The van der Waals surface area contributed by atoms with Crippen LogP contribution >= 0.6 is 15.9 Å². The van der Waals surface area contributed by atoms with Gasteiger partial charge in [0.1, 0.15) is 29.0 Å². The Labute approximate surface area is 242 Å². The second kappa shape index (κ2) is 11.9. The number of rotatable bonds is 7. The fourth-order valence-electron chi connectivity index (χ4n) is 5.90. The second-order valence-corrected chi connectivity index (χ2v) is 11.3. The van der Waals surface area contributed by atoms with Crippen LogP contribution in [0.25, 0.3) is 10.8 Å². The molecule has 0 unspecified atom stereocenters. The van der Waals surface area contributed by atoms with Gasteiger partial charge in [-0.15, -0.1) is 0 Å². The van der Waals surface area contributed by atoms with E-state index in [4.69, 9.17) is 14.2 Å². The minimum atomic E-state index is -1.08. The van der Waals surface area contributed by atoms with Crippen LogP contribution in [0.5, 0.6) is 5.75 Å². The normalized spacial score (nSPS) is 21.4. The Balaban J connectivity index is 1.64. The Morgan fingerprint density at radius 2 is 2.02 bits per heavy atom. The molecule has 2 amide bonds. The van der Waals surface area contributed by atoms with Crippen LogP contribution in [0.1, 0.15) is 44.6 Å². The molecule has 3 aliphatic rings. The van der Waals surface area contributed by atoms with Gasteiger partial charge in [-0.2, -0.15) is 0 Å². The zero-order chi connectivity index (χ0) is 28.4. The average molecular weight is 617 g/mol. The van der Waals surface area contributed by atoms with Crippen molar-refractivity contribution >= 4 is 38.5 Å². The number of ether oxygens (including phenoxy) is 3. The monoisotopic (exact) mass is 615 g/mol. The molecule has 1 spiro atoms. The Bertz CT molecular complexity index is 1370. The summed E-state index contributed by atoms with van der Waals surface area (Å²) in [7, 11) is 3.32. The van der Waals surface area contributed by atoms with E-state index < -0.39 is 17.7 Å². The first-order chi connectivity index (χ1) is 19.3. The maximum absolute atomic E-state index is 14.7. The Morgan fingerprint density at radius 3 is 2.73 bits per heavy atom. The van der Waals surface area contributed by atoms with Crippen LogP contribution in [0.2, 0.25) is 0 Å². The molecular weight excluding hydrogens is 581 g/mol. The van der Waals surface area contributed by atoms with Crippen LogP contribution in [0.3, 0.4) is 0 Å². The minimum Gasteiger partial charge on any atom is -0.496 e. The maximum Gasteiger partial charge on any atom is 0.253 e. The zero-order valence-electron chi connectivity index (χ0n) is 23.0. The number of amides is 2. The van der Waals surface area contributed by atoms with Crippen molar-refractivity contribution in [3.05, 3.63) is 63.7 Å². The lowest BCUT2D eigenvalue weighted by Gasteiger charge is -2.42. The summed E-state index contributed by atoms with van der Waals surface area (Å²) >= 11 is 3.54. The van der Waals surface area contributed by atoms with E-state index >= 15 is 0 Å². The van der Waals surface area contributed by atoms with Gasteiger partial charge in [-0.05, 0) is 48.9 Å². The second-order valence-electron chi connectivity index (χ2n) is 10.4. The summed E-state index contributed by atoms with van der Waals surface area (Å²) in [6.07, 6.45) is 3.16. The standard InChI is InChI=1S/C30H35BrFN3O5/c1-4-23(33-2)28(36)34-27-29(37)35(17-22-21-8-6-19(31)15-18(21)5-10-25(22)38-3)24-9-7-20(32)16-26(24)40-30(27)11-13-39-14-12-30/h5-6,8,10,15-16,23,27,33H,4,7,9,11-14,17H2,1-3H3,(H,34,36)/t23-,27+/m0/s1. The summed E-state index contributed by atoms with van der Waals surface area (Å²) < 4.78 is 33.6. The summed E-state index contributed by atoms with van der Waals surface area (Å²) in [6.45, 7) is 2.80. The molecule has 0 aromatic heterocycles. The number of allylic oxidation sites excluding steroid dienone is 3. The molecule has 0 bridgehead atoms. The van der Waals surface area contributed by atoms with Crippen LogP contribution in [0.4, 0.5) is 4.39 Å². The third-order valence-electron chi connectivity index (χ3n) is 8.14. The van der Waals surface area contributed by atoms with Crippen molar-refractivity contribution in [2.75, 3.05) is 27.4 Å². The van der Waals surface area contributed by atoms with Crippen molar-refractivity contribution in [1.82, 2.24) is 15.5 Å². The van der Waals surface area contributed by atoms with Gasteiger partial charge in [0.15, 0.2) is 0 Å². The lowest BCUT2D eigenvalue weighted by atomic mass is 9.84. The molecule has 2 heterocycles. The van der Waals surface area contributed by atoms with Crippen molar-refractivity contribution in [1.29, 1.82) is 0 Å². The molecule has 1 fully saturated rings. The van der Waals surface area contributed by atoms with E-state index in [9.17, 15) is 14.0 Å². The van der Waals surface area contributed by atoms with E-state index in [-0.39, 0.29) is 30.6 Å². The van der Waals surface area contributed by atoms with Gasteiger partial charge in [-0.3, -0.25) is 9.59 Å². The van der Waals surface area contributed by atoms with Gasteiger partial charge in [0, 0.05) is 35.4 Å². The molecule has 10 heteroatoms. The van der Waals surface area contributed by atoms with Crippen LogP contribution in [0.15, 0.2) is 58.2 Å². The van der Waals surface area contributed by atoms with Crippen LogP contribution in [-0.4, -0.2) is 61.8 Å². The molecular formula is C30H35BrFN3O5. The molecule has 2 aliphatic heterocycles. The number of carbonyl (C=O) groups is 2. The van der Waals surface area contributed by atoms with Crippen LogP contribution in [0, 0.1) is 0 Å². The number of nitrogens with zero attached hydrogens (tertiary/aromatic N) is 1. The number of hydrogen-bond donors (Lipinski definition) is 2. The van der Waals surface area contributed by atoms with Crippen molar-refractivity contribution in [3.8, 4) is 5.75 Å². The molecule has 5 rings (SSSR count). The van der Waals surface area contributed by atoms with Gasteiger partial charge in [-0.25, -0.2) is 4.39 Å². The SMILES string of the molecule is CC[C@H](NC)C(=O)N[C@@H]1C(=O)N(Cc2c(OC)ccc3cc(Br)ccc23)C2=C(C=C(F)CC2)OC12CCOCC2. The van der Waals surface area contributed by atoms with Gasteiger partial charge in [0.25, 0.3) is 5.91 Å². The van der Waals surface area contributed by atoms with E-state index in [1.54, 1.807) is 19.1 Å².